The van der Waals surface area contributed by atoms with Crippen molar-refractivity contribution < 1.29 is 9.53 Å². The number of carbonyl (C=O) groups excluding carboxylic acids is 1. The van der Waals surface area contributed by atoms with Crippen molar-refractivity contribution in [1.82, 2.24) is 15.2 Å². The van der Waals surface area contributed by atoms with Gasteiger partial charge in [0.2, 0.25) is 0 Å². The third kappa shape index (κ3) is 5.93. The summed E-state index contributed by atoms with van der Waals surface area (Å²) in [4.78, 5) is 12.5. The average molecular weight is 554 g/mol. The third-order valence-corrected chi connectivity index (χ3v) is 5.52. The first-order chi connectivity index (χ1) is 15.6. The Morgan fingerprint density at radius 1 is 1.00 bits per heavy atom. The zero-order valence-electron chi connectivity index (χ0n) is 16.8. The molecular weight excluding hydrogens is 536 g/mol. The summed E-state index contributed by atoms with van der Waals surface area (Å²) in [5.41, 5.74) is 4.65. The van der Waals surface area contributed by atoms with E-state index >= 15 is 0 Å². The molecule has 4 rings (SSSR count). The van der Waals surface area contributed by atoms with E-state index in [1.54, 1.807) is 17.1 Å². The maximum atomic E-state index is 12.5. The maximum Gasteiger partial charge on any atom is 0.293 e. The third-order valence-electron chi connectivity index (χ3n) is 4.41. The molecule has 160 valence electrons. The highest BCUT2D eigenvalue weighted by molar-refractivity contribution is 9.10. The van der Waals surface area contributed by atoms with Crippen LogP contribution in [0.3, 0.4) is 0 Å². The number of rotatable bonds is 7. The number of amides is 1. The van der Waals surface area contributed by atoms with E-state index in [-0.39, 0.29) is 5.69 Å². The van der Waals surface area contributed by atoms with Crippen LogP contribution >= 0.6 is 31.9 Å². The molecule has 0 bridgehead atoms. The number of carbonyl (C=O) groups is 1. The van der Waals surface area contributed by atoms with Crippen LogP contribution in [0.4, 0.5) is 0 Å². The second-order valence-electron chi connectivity index (χ2n) is 6.84. The summed E-state index contributed by atoms with van der Waals surface area (Å²) in [7, 11) is 0. The molecule has 4 aromatic rings. The minimum atomic E-state index is -0.403. The summed E-state index contributed by atoms with van der Waals surface area (Å²) >= 11 is 6.82. The van der Waals surface area contributed by atoms with Crippen LogP contribution in [-0.2, 0) is 6.54 Å². The van der Waals surface area contributed by atoms with E-state index in [1.165, 1.54) is 0 Å². The highest BCUT2D eigenvalue weighted by Crippen LogP contribution is 2.21. The first kappa shape index (κ1) is 22.0. The Hall–Kier alpha value is -3.23. The lowest BCUT2D eigenvalue weighted by Crippen LogP contribution is -2.19. The standard InChI is InChI=1S/C24H18Br2N4O2/c25-19-11-9-17(10-12-19)15-30-16-22(26)23(29-30)24(31)28-27-14-18-5-4-8-21(13-18)32-20-6-2-1-3-7-20/h1-14,16H,15H2,(H,28,31)/b27-14+. The van der Waals surface area contributed by atoms with Crippen LogP contribution in [0, 0.1) is 0 Å². The summed E-state index contributed by atoms with van der Waals surface area (Å²) in [6.45, 7) is 0.552. The minimum Gasteiger partial charge on any atom is -0.457 e. The highest BCUT2D eigenvalue weighted by Gasteiger charge is 2.15. The molecule has 0 aliphatic rings. The Balaban J connectivity index is 1.38. The number of nitrogens with one attached hydrogen (secondary N) is 1. The van der Waals surface area contributed by atoms with Gasteiger partial charge in [0.25, 0.3) is 5.91 Å². The van der Waals surface area contributed by atoms with Crippen LogP contribution < -0.4 is 10.2 Å². The van der Waals surface area contributed by atoms with Crippen molar-refractivity contribution in [3.8, 4) is 11.5 Å². The molecule has 1 amide bonds. The number of benzene rings is 3. The van der Waals surface area contributed by atoms with Gasteiger partial charge in [-0.2, -0.15) is 10.2 Å². The van der Waals surface area contributed by atoms with Gasteiger partial charge in [-0.1, -0.05) is 58.4 Å². The molecule has 0 radical (unpaired) electrons. The van der Waals surface area contributed by atoms with E-state index in [0.717, 1.165) is 21.3 Å². The van der Waals surface area contributed by atoms with Crippen molar-refractivity contribution in [3.63, 3.8) is 0 Å². The number of halogens is 2. The number of hydrogen-bond donors (Lipinski definition) is 1. The van der Waals surface area contributed by atoms with Crippen LogP contribution in [0.5, 0.6) is 11.5 Å². The van der Waals surface area contributed by atoms with Crippen molar-refractivity contribution in [3.05, 3.63) is 111 Å². The highest BCUT2D eigenvalue weighted by atomic mass is 79.9. The van der Waals surface area contributed by atoms with Crippen molar-refractivity contribution in [1.29, 1.82) is 0 Å². The second-order valence-corrected chi connectivity index (χ2v) is 8.61. The smallest absolute Gasteiger partial charge is 0.293 e. The SMILES string of the molecule is O=C(N/N=C/c1cccc(Oc2ccccc2)c1)c1nn(Cc2ccc(Br)cc2)cc1Br. The van der Waals surface area contributed by atoms with Crippen LogP contribution in [0.15, 0.2) is 99.1 Å². The predicted octanol–water partition coefficient (Wildman–Crippen LogP) is 6.01. The summed E-state index contributed by atoms with van der Waals surface area (Å²) in [5.74, 6) is 1.03. The summed E-state index contributed by atoms with van der Waals surface area (Å²) in [6.07, 6.45) is 3.33. The van der Waals surface area contributed by atoms with Gasteiger partial charge in [0.1, 0.15) is 11.5 Å². The molecule has 0 spiro atoms. The summed E-state index contributed by atoms with van der Waals surface area (Å²) in [5, 5.41) is 8.42. The summed E-state index contributed by atoms with van der Waals surface area (Å²) < 4.78 is 9.13. The van der Waals surface area contributed by atoms with Crippen molar-refractivity contribution >= 4 is 44.0 Å². The zero-order chi connectivity index (χ0) is 22.3. The Morgan fingerprint density at radius 2 is 1.75 bits per heavy atom. The monoisotopic (exact) mass is 552 g/mol. The van der Waals surface area contributed by atoms with Crippen molar-refractivity contribution in [2.75, 3.05) is 0 Å². The fourth-order valence-corrected chi connectivity index (χ4v) is 3.67. The largest absolute Gasteiger partial charge is 0.457 e. The molecule has 0 fully saturated rings. The van der Waals surface area contributed by atoms with Crippen molar-refractivity contribution in [2.24, 2.45) is 5.10 Å². The Morgan fingerprint density at radius 3 is 2.53 bits per heavy atom. The van der Waals surface area contributed by atoms with Crippen LogP contribution in [-0.4, -0.2) is 21.9 Å². The molecule has 0 atom stereocenters. The van der Waals surface area contributed by atoms with Gasteiger partial charge in [-0.3, -0.25) is 9.48 Å². The molecule has 0 saturated heterocycles. The first-order valence-electron chi connectivity index (χ1n) is 9.70. The number of ether oxygens (including phenoxy) is 1. The van der Waals surface area contributed by atoms with Crippen molar-refractivity contribution in [2.45, 2.75) is 6.54 Å². The number of aromatic nitrogens is 2. The maximum absolute atomic E-state index is 12.5. The summed E-state index contributed by atoms with van der Waals surface area (Å²) in [6, 6.07) is 24.9. The molecule has 6 nitrogen and oxygen atoms in total. The quantitative estimate of drug-likeness (QED) is 0.225. The van der Waals surface area contributed by atoms with E-state index in [2.05, 4.69) is 47.5 Å². The molecule has 8 heteroatoms. The fourth-order valence-electron chi connectivity index (χ4n) is 2.91. The van der Waals surface area contributed by atoms with Gasteiger partial charge in [-0.15, -0.1) is 0 Å². The molecule has 0 aliphatic carbocycles. The Bertz CT molecular complexity index is 1240. The number of nitrogens with zero attached hydrogens (tertiary/aromatic N) is 3. The molecule has 1 heterocycles. The number of hydrogen-bond acceptors (Lipinski definition) is 4. The molecule has 1 N–H and O–H groups in total. The molecule has 1 aromatic heterocycles. The van der Waals surface area contributed by atoms with Gasteiger partial charge < -0.3 is 4.74 Å². The fraction of sp³-hybridized carbons (Fsp3) is 0.0417. The zero-order valence-corrected chi connectivity index (χ0v) is 20.0. The predicted molar refractivity (Wildman–Crippen MR) is 131 cm³/mol. The molecule has 0 aliphatic heterocycles. The second kappa shape index (κ2) is 10.4. The van der Waals surface area contributed by atoms with Crippen LogP contribution in [0.25, 0.3) is 0 Å². The number of para-hydroxylation sites is 1. The van der Waals surface area contributed by atoms with Gasteiger partial charge >= 0.3 is 0 Å². The molecule has 3 aromatic carbocycles. The average Bonchev–Trinajstić information content (AvgIpc) is 3.16. The van der Waals surface area contributed by atoms with Crippen LogP contribution in [0.2, 0.25) is 0 Å². The van der Waals surface area contributed by atoms with Gasteiger partial charge in [0, 0.05) is 10.7 Å². The van der Waals surface area contributed by atoms with E-state index < -0.39 is 5.91 Å². The Kier molecular flexibility index (Phi) is 7.14. The van der Waals surface area contributed by atoms with Gasteiger partial charge in [-0.05, 0) is 63.5 Å². The van der Waals surface area contributed by atoms with E-state index in [9.17, 15) is 4.79 Å². The molecule has 0 unspecified atom stereocenters. The lowest BCUT2D eigenvalue weighted by molar-refractivity contribution is 0.0948. The normalized spacial score (nSPS) is 10.9. The van der Waals surface area contributed by atoms with Crippen LogP contribution in [0.1, 0.15) is 21.6 Å². The van der Waals surface area contributed by atoms with Gasteiger partial charge in [0.05, 0.1) is 17.2 Å². The molecule has 0 saturated carbocycles. The lowest BCUT2D eigenvalue weighted by Gasteiger charge is -2.05. The molecule has 32 heavy (non-hydrogen) atoms. The first-order valence-corrected chi connectivity index (χ1v) is 11.3. The van der Waals surface area contributed by atoms with E-state index in [1.807, 2.05) is 78.9 Å². The Labute approximate surface area is 202 Å². The lowest BCUT2D eigenvalue weighted by atomic mass is 10.2. The van der Waals surface area contributed by atoms with E-state index in [0.29, 0.717) is 16.8 Å². The number of hydrazone groups is 1. The van der Waals surface area contributed by atoms with Gasteiger partial charge in [-0.25, -0.2) is 5.43 Å². The minimum absolute atomic E-state index is 0.264. The van der Waals surface area contributed by atoms with Gasteiger partial charge in [0.15, 0.2) is 5.69 Å². The van der Waals surface area contributed by atoms with E-state index in [4.69, 9.17) is 4.74 Å². The topological polar surface area (TPSA) is 68.5 Å². The molecular formula is C24H18Br2N4O2.